The summed E-state index contributed by atoms with van der Waals surface area (Å²) in [5, 5.41) is 3.59. The molecule has 21 heavy (non-hydrogen) atoms. The second-order valence-electron chi connectivity index (χ2n) is 5.49. The summed E-state index contributed by atoms with van der Waals surface area (Å²) in [5.41, 5.74) is 4.04. The van der Waals surface area contributed by atoms with Crippen LogP contribution in [-0.4, -0.2) is 13.2 Å². The standard InChI is InChI=1S/C18H20BrNO/c1-13(15-6-4-7-16(19)11-15)20-12-18-17-8-3-2-5-14(17)9-10-21-18/h2-8,11,13,18,20H,9-10,12H2,1H3/t13-,18?/m1/s1. The van der Waals surface area contributed by atoms with Crippen molar-refractivity contribution in [2.45, 2.75) is 25.5 Å². The fraction of sp³-hybridized carbons (Fsp3) is 0.333. The zero-order valence-electron chi connectivity index (χ0n) is 12.2. The first-order valence-electron chi connectivity index (χ1n) is 7.42. The predicted molar refractivity (Wildman–Crippen MR) is 89.4 cm³/mol. The Hall–Kier alpha value is -1.16. The van der Waals surface area contributed by atoms with E-state index >= 15 is 0 Å². The second kappa shape index (κ2) is 6.73. The molecule has 0 radical (unpaired) electrons. The number of hydrogen-bond acceptors (Lipinski definition) is 2. The van der Waals surface area contributed by atoms with E-state index in [1.807, 2.05) is 0 Å². The molecule has 0 spiro atoms. The van der Waals surface area contributed by atoms with E-state index in [0.29, 0.717) is 6.04 Å². The molecule has 2 aromatic carbocycles. The van der Waals surface area contributed by atoms with Gasteiger partial charge in [0.2, 0.25) is 0 Å². The van der Waals surface area contributed by atoms with Crippen LogP contribution in [0.4, 0.5) is 0 Å². The van der Waals surface area contributed by atoms with Crippen LogP contribution in [0.5, 0.6) is 0 Å². The number of ether oxygens (including phenoxy) is 1. The third-order valence-electron chi connectivity index (χ3n) is 4.05. The van der Waals surface area contributed by atoms with Crippen molar-refractivity contribution in [1.82, 2.24) is 5.32 Å². The highest BCUT2D eigenvalue weighted by molar-refractivity contribution is 9.10. The van der Waals surface area contributed by atoms with Crippen LogP contribution >= 0.6 is 15.9 Å². The summed E-state index contributed by atoms with van der Waals surface area (Å²) in [7, 11) is 0. The predicted octanol–water partition coefficient (Wildman–Crippen LogP) is 4.41. The monoisotopic (exact) mass is 345 g/mol. The van der Waals surface area contributed by atoms with E-state index < -0.39 is 0 Å². The molecule has 1 heterocycles. The number of hydrogen-bond donors (Lipinski definition) is 1. The van der Waals surface area contributed by atoms with Crippen molar-refractivity contribution in [2.24, 2.45) is 0 Å². The van der Waals surface area contributed by atoms with Gasteiger partial charge in [-0.1, -0.05) is 52.3 Å². The highest BCUT2D eigenvalue weighted by Crippen LogP contribution is 2.27. The largest absolute Gasteiger partial charge is 0.372 e. The summed E-state index contributed by atoms with van der Waals surface area (Å²) >= 11 is 3.53. The van der Waals surface area contributed by atoms with Crippen molar-refractivity contribution < 1.29 is 4.74 Å². The van der Waals surface area contributed by atoms with Gasteiger partial charge in [0.05, 0.1) is 12.7 Å². The minimum Gasteiger partial charge on any atom is -0.372 e. The highest BCUT2D eigenvalue weighted by Gasteiger charge is 2.20. The molecule has 0 aliphatic carbocycles. The summed E-state index contributed by atoms with van der Waals surface area (Å²) in [6.07, 6.45) is 1.18. The molecule has 3 heteroatoms. The SMILES string of the molecule is C[C@@H](NCC1OCCc2ccccc21)c1cccc(Br)c1. The fourth-order valence-electron chi connectivity index (χ4n) is 2.82. The average molecular weight is 346 g/mol. The Morgan fingerprint density at radius 2 is 2.10 bits per heavy atom. The third-order valence-corrected chi connectivity index (χ3v) is 4.54. The van der Waals surface area contributed by atoms with Gasteiger partial charge in [-0.15, -0.1) is 0 Å². The van der Waals surface area contributed by atoms with Gasteiger partial charge < -0.3 is 10.1 Å². The smallest absolute Gasteiger partial charge is 0.0952 e. The number of fused-ring (bicyclic) bond motifs is 1. The van der Waals surface area contributed by atoms with Crippen molar-refractivity contribution in [1.29, 1.82) is 0 Å². The van der Waals surface area contributed by atoms with E-state index in [9.17, 15) is 0 Å². The van der Waals surface area contributed by atoms with Crippen LogP contribution in [0.1, 0.15) is 35.8 Å². The maximum Gasteiger partial charge on any atom is 0.0952 e. The molecule has 2 aromatic rings. The van der Waals surface area contributed by atoms with Crippen molar-refractivity contribution in [3.05, 3.63) is 69.7 Å². The van der Waals surface area contributed by atoms with Gasteiger partial charge in [-0.05, 0) is 42.2 Å². The lowest BCUT2D eigenvalue weighted by Gasteiger charge is -2.27. The lowest BCUT2D eigenvalue weighted by Crippen LogP contribution is -2.29. The Balaban J connectivity index is 1.66. The minimum absolute atomic E-state index is 0.157. The molecule has 0 amide bonds. The lowest BCUT2D eigenvalue weighted by molar-refractivity contribution is 0.0410. The molecule has 0 saturated heterocycles. The van der Waals surface area contributed by atoms with E-state index in [1.54, 1.807) is 0 Å². The Bertz CT molecular complexity index is 614. The summed E-state index contributed by atoms with van der Waals surface area (Å²) in [6.45, 7) is 3.84. The molecular weight excluding hydrogens is 326 g/mol. The van der Waals surface area contributed by atoms with Gasteiger partial charge in [0.15, 0.2) is 0 Å². The van der Waals surface area contributed by atoms with Gasteiger partial charge in [-0.3, -0.25) is 0 Å². The van der Waals surface area contributed by atoms with Gasteiger partial charge in [-0.2, -0.15) is 0 Å². The van der Waals surface area contributed by atoms with Crippen LogP contribution < -0.4 is 5.32 Å². The van der Waals surface area contributed by atoms with Crippen LogP contribution in [0.15, 0.2) is 53.0 Å². The zero-order chi connectivity index (χ0) is 14.7. The molecule has 1 unspecified atom stereocenters. The Kier molecular flexibility index (Phi) is 4.73. The van der Waals surface area contributed by atoms with Gasteiger partial charge >= 0.3 is 0 Å². The second-order valence-corrected chi connectivity index (χ2v) is 6.41. The lowest BCUT2D eigenvalue weighted by atomic mass is 9.97. The topological polar surface area (TPSA) is 21.3 Å². The Morgan fingerprint density at radius 1 is 1.24 bits per heavy atom. The highest BCUT2D eigenvalue weighted by atomic mass is 79.9. The first kappa shape index (κ1) is 14.8. The molecule has 0 fully saturated rings. The molecule has 0 bridgehead atoms. The molecule has 0 saturated carbocycles. The van der Waals surface area contributed by atoms with E-state index in [1.165, 1.54) is 16.7 Å². The first-order valence-corrected chi connectivity index (χ1v) is 8.21. The number of rotatable bonds is 4. The quantitative estimate of drug-likeness (QED) is 0.885. The number of halogens is 1. The van der Waals surface area contributed by atoms with Crippen LogP contribution in [0.3, 0.4) is 0 Å². The van der Waals surface area contributed by atoms with Crippen molar-refractivity contribution >= 4 is 15.9 Å². The molecule has 2 nitrogen and oxygen atoms in total. The number of benzene rings is 2. The van der Waals surface area contributed by atoms with Gasteiger partial charge in [-0.25, -0.2) is 0 Å². The van der Waals surface area contributed by atoms with Crippen molar-refractivity contribution in [2.75, 3.05) is 13.2 Å². The fourth-order valence-corrected chi connectivity index (χ4v) is 3.24. The maximum absolute atomic E-state index is 5.94. The normalized spacial score (nSPS) is 19.0. The molecule has 0 aromatic heterocycles. The van der Waals surface area contributed by atoms with Crippen LogP contribution in [-0.2, 0) is 11.2 Å². The molecule has 1 aliphatic rings. The summed E-state index contributed by atoms with van der Waals surface area (Å²) < 4.78 is 7.06. The van der Waals surface area contributed by atoms with Crippen LogP contribution in [0.2, 0.25) is 0 Å². The molecule has 110 valence electrons. The van der Waals surface area contributed by atoms with Gasteiger partial charge in [0, 0.05) is 17.1 Å². The van der Waals surface area contributed by atoms with Gasteiger partial charge in [0.1, 0.15) is 0 Å². The molecule has 2 atom stereocenters. The van der Waals surface area contributed by atoms with Crippen molar-refractivity contribution in [3.63, 3.8) is 0 Å². The van der Waals surface area contributed by atoms with Crippen molar-refractivity contribution in [3.8, 4) is 0 Å². The molecule has 1 aliphatic heterocycles. The molecule has 1 N–H and O–H groups in total. The van der Waals surface area contributed by atoms with E-state index in [2.05, 4.69) is 76.7 Å². The Morgan fingerprint density at radius 3 is 2.95 bits per heavy atom. The maximum atomic E-state index is 5.94. The average Bonchev–Trinajstić information content (AvgIpc) is 2.52. The third kappa shape index (κ3) is 3.54. The van der Waals surface area contributed by atoms with Crippen LogP contribution in [0.25, 0.3) is 0 Å². The van der Waals surface area contributed by atoms with Crippen LogP contribution in [0, 0.1) is 0 Å². The summed E-state index contributed by atoms with van der Waals surface area (Å²) in [4.78, 5) is 0. The minimum atomic E-state index is 0.157. The molecular formula is C18H20BrNO. The zero-order valence-corrected chi connectivity index (χ0v) is 13.8. The first-order chi connectivity index (χ1) is 10.2. The summed E-state index contributed by atoms with van der Waals surface area (Å²) in [6, 6.07) is 17.3. The Labute approximate surface area is 134 Å². The molecule has 3 rings (SSSR count). The number of nitrogens with one attached hydrogen (secondary N) is 1. The summed E-state index contributed by atoms with van der Waals surface area (Å²) in [5.74, 6) is 0. The van der Waals surface area contributed by atoms with E-state index in [-0.39, 0.29) is 6.10 Å². The van der Waals surface area contributed by atoms with E-state index in [4.69, 9.17) is 4.74 Å². The van der Waals surface area contributed by atoms with Gasteiger partial charge in [0.25, 0.3) is 0 Å². The van der Waals surface area contributed by atoms with E-state index in [0.717, 1.165) is 24.0 Å².